The molecule has 5 heteroatoms. The van der Waals surface area contributed by atoms with Crippen LogP contribution < -0.4 is 15.1 Å². The third kappa shape index (κ3) is 5.04. The first-order valence-electron chi connectivity index (χ1n) is 12.4. The number of para-hydroxylation sites is 1. The molecule has 4 heterocycles. The molecule has 5 nitrogen and oxygen atoms in total. The molecule has 2 fully saturated rings. The fourth-order valence-electron chi connectivity index (χ4n) is 5.01. The summed E-state index contributed by atoms with van der Waals surface area (Å²) < 4.78 is 0. The normalized spacial score (nSPS) is 17.5. The van der Waals surface area contributed by atoms with Crippen LogP contribution in [-0.4, -0.2) is 36.1 Å². The smallest absolute Gasteiger partial charge is 0.133 e. The van der Waals surface area contributed by atoms with Gasteiger partial charge in [-0.15, -0.1) is 0 Å². The van der Waals surface area contributed by atoms with Crippen molar-refractivity contribution in [1.29, 1.82) is 0 Å². The first kappa shape index (κ1) is 21.2. The van der Waals surface area contributed by atoms with Crippen LogP contribution in [0.15, 0.2) is 48.7 Å². The summed E-state index contributed by atoms with van der Waals surface area (Å²) >= 11 is 0. The van der Waals surface area contributed by atoms with Gasteiger partial charge in [-0.1, -0.05) is 37.1 Å². The Balaban J connectivity index is 1.26. The minimum Gasteiger partial charge on any atom is -0.357 e. The highest BCUT2D eigenvalue weighted by Gasteiger charge is 2.17. The van der Waals surface area contributed by atoms with E-state index in [1.165, 1.54) is 61.5 Å². The van der Waals surface area contributed by atoms with E-state index in [0.717, 1.165) is 56.4 Å². The van der Waals surface area contributed by atoms with Crippen molar-refractivity contribution in [2.24, 2.45) is 0 Å². The zero-order valence-electron chi connectivity index (χ0n) is 19.1. The summed E-state index contributed by atoms with van der Waals surface area (Å²) in [4.78, 5) is 14.7. The maximum Gasteiger partial charge on any atom is 0.133 e. The third-order valence-electron chi connectivity index (χ3n) is 6.82. The van der Waals surface area contributed by atoms with Crippen molar-refractivity contribution < 1.29 is 0 Å². The predicted octanol–water partition coefficient (Wildman–Crippen LogP) is 5.29. The van der Waals surface area contributed by atoms with E-state index in [1.54, 1.807) is 0 Å². The monoisotopic (exact) mass is 429 g/mol. The number of nitrogens with one attached hydrogen (secondary N) is 1. The van der Waals surface area contributed by atoms with Crippen LogP contribution in [0.2, 0.25) is 0 Å². The molecule has 168 valence electrons. The molecule has 0 saturated carbocycles. The van der Waals surface area contributed by atoms with Crippen molar-refractivity contribution in [2.75, 3.05) is 36.0 Å². The Kier molecular flexibility index (Phi) is 6.83. The topological polar surface area (TPSA) is 44.3 Å². The number of fused-ring (bicyclic) bond motifs is 1. The van der Waals surface area contributed by atoms with Gasteiger partial charge in [-0.25, -0.2) is 9.97 Å². The van der Waals surface area contributed by atoms with Crippen LogP contribution in [0.25, 0.3) is 10.9 Å². The van der Waals surface area contributed by atoms with Gasteiger partial charge in [0, 0.05) is 56.4 Å². The van der Waals surface area contributed by atoms with Gasteiger partial charge in [0.1, 0.15) is 11.6 Å². The van der Waals surface area contributed by atoms with Crippen LogP contribution in [0.4, 0.5) is 11.6 Å². The van der Waals surface area contributed by atoms with Gasteiger partial charge in [0.25, 0.3) is 0 Å². The number of hydrogen-bond donors (Lipinski definition) is 1. The maximum atomic E-state index is 5.06. The number of piperidine rings is 1. The molecule has 0 aliphatic carbocycles. The van der Waals surface area contributed by atoms with Crippen LogP contribution in [-0.2, 0) is 13.1 Å². The number of nitrogens with zero attached hydrogens (tertiary/aromatic N) is 4. The van der Waals surface area contributed by atoms with Crippen LogP contribution in [0.1, 0.15) is 56.1 Å². The van der Waals surface area contributed by atoms with Crippen LogP contribution in [0.5, 0.6) is 0 Å². The molecule has 2 aliphatic heterocycles. The number of aromatic nitrogens is 2. The average Bonchev–Trinajstić information content (AvgIpc) is 3.14. The van der Waals surface area contributed by atoms with Crippen LogP contribution in [0, 0.1) is 0 Å². The van der Waals surface area contributed by atoms with Gasteiger partial charge in [-0.3, -0.25) is 0 Å². The van der Waals surface area contributed by atoms with Crippen molar-refractivity contribution in [3.05, 3.63) is 59.8 Å². The molecule has 5 rings (SSSR count). The van der Waals surface area contributed by atoms with Gasteiger partial charge >= 0.3 is 0 Å². The lowest BCUT2D eigenvalue weighted by atomic mass is 10.1. The zero-order valence-corrected chi connectivity index (χ0v) is 19.1. The van der Waals surface area contributed by atoms with E-state index in [-0.39, 0.29) is 0 Å². The van der Waals surface area contributed by atoms with E-state index in [2.05, 4.69) is 57.6 Å². The van der Waals surface area contributed by atoms with Crippen molar-refractivity contribution in [3.8, 4) is 0 Å². The molecular formula is C27H35N5. The molecule has 2 saturated heterocycles. The Labute approximate surface area is 191 Å². The molecular weight excluding hydrogens is 394 g/mol. The van der Waals surface area contributed by atoms with Gasteiger partial charge in [0.2, 0.25) is 0 Å². The summed E-state index contributed by atoms with van der Waals surface area (Å²) in [6, 6.07) is 15.2. The lowest BCUT2D eigenvalue weighted by Gasteiger charge is -2.30. The van der Waals surface area contributed by atoms with E-state index in [9.17, 15) is 0 Å². The SMILES string of the molecule is c1ccc2nc(N3CCCCC3)c(CNCc3ccc(N4CCCCCC4)nc3)cc2c1. The molecule has 2 aliphatic rings. The Morgan fingerprint density at radius 2 is 1.47 bits per heavy atom. The Morgan fingerprint density at radius 3 is 2.22 bits per heavy atom. The summed E-state index contributed by atoms with van der Waals surface area (Å²) in [6.45, 7) is 6.13. The van der Waals surface area contributed by atoms with Crippen LogP contribution >= 0.6 is 0 Å². The second-order valence-electron chi connectivity index (χ2n) is 9.24. The number of rotatable bonds is 6. The van der Waals surface area contributed by atoms with E-state index < -0.39 is 0 Å². The number of hydrogen-bond acceptors (Lipinski definition) is 5. The molecule has 0 unspecified atom stereocenters. The summed E-state index contributed by atoms with van der Waals surface area (Å²) in [7, 11) is 0. The van der Waals surface area contributed by atoms with Gasteiger partial charge in [0.15, 0.2) is 0 Å². The molecule has 0 bridgehead atoms. The minimum atomic E-state index is 0.817. The number of benzene rings is 1. The summed E-state index contributed by atoms with van der Waals surface area (Å²) in [5.41, 5.74) is 3.61. The summed E-state index contributed by atoms with van der Waals surface area (Å²) in [5, 5.41) is 4.87. The van der Waals surface area contributed by atoms with E-state index >= 15 is 0 Å². The highest BCUT2D eigenvalue weighted by molar-refractivity contribution is 5.81. The molecule has 0 amide bonds. The van der Waals surface area contributed by atoms with Gasteiger partial charge in [0.05, 0.1) is 5.52 Å². The van der Waals surface area contributed by atoms with Crippen molar-refractivity contribution in [3.63, 3.8) is 0 Å². The van der Waals surface area contributed by atoms with Crippen molar-refractivity contribution >= 4 is 22.5 Å². The standard InChI is InChI=1S/C27H35N5/c1-2-7-15-31(14-6-1)26-13-12-22(20-29-26)19-28-21-24-18-23-10-4-5-11-25(23)30-27(24)32-16-8-3-9-17-32/h4-5,10-13,18,20,28H,1-3,6-9,14-17,19,21H2. The molecule has 3 aromatic rings. The predicted molar refractivity (Wildman–Crippen MR) is 133 cm³/mol. The molecule has 32 heavy (non-hydrogen) atoms. The van der Waals surface area contributed by atoms with Crippen LogP contribution in [0.3, 0.4) is 0 Å². The fraction of sp³-hybridized carbons (Fsp3) is 0.481. The summed E-state index contributed by atoms with van der Waals surface area (Å²) in [6.07, 6.45) is 11.2. The number of anilines is 2. The molecule has 0 radical (unpaired) electrons. The van der Waals surface area contributed by atoms with E-state index in [0.29, 0.717) is 0 Å². The summed E-state index contributed by atoms with van der Waals surface area (Å²) in [5.74, 6) is 2.28. The average molecular weight is 430 g/mol. The molecule has 0 spiro atoms. The maximum absolute atomic E-state index is 5.06. The Morgan fingerprint density at radius 1 is 0.750 bits per heavy atom. The fourth-order valence-corrected chi connectivity index (χ4v) is 5.01. The van der Waals surface area contributed by atoms with E-state index in [4.69, 9.17) is 9.97 Å². The van der Waals surface area contributed by atoms with E-state index in [1.807, 2.05) is 6.20 Å². The zero-order chi connectivity index (χ0) is 21.6. The third-order valence-corrected chi connectivity index (χ3v) is 6.82. The minimum absolute atomic E-state index is 0.817. The molecule has 1 aromatic carbocycles. The van der Waals surface area contributed by atoms with Gasteiger partial charge < -0.3 is 15.1 Å². The quantitative estimate of drug-likeness (QED) is 0.577. The van der Waals surface area contributed by atoms with Gasteiger partial charge in [-0.05, 0) is 55.9 Å². The molecule has 0 atom stereocenters. The van der Waals surface area contributed by atoms with Crippen molar-refractivity contribution in [2.45, 2.75) is 58.0 Å². The number of pyridine rings is 2. The first-order valence-corrected chi connectivity index (χ1v) is 12.4. The second-order valence-corrected chi connectivity index (χ2v) is 9.24. The highest BCUT2D eigenvalue weighted by atomic mass is 15.2. The van der Waals surface area contributed by atoms with Gasteiger partial charge in [-0.2, -0.15) is 0 Å². The molecule has 2 aromatic heterocycles. The highest BCUT2D eigenvalue weighted by Crippen LogP contribution is 2.26. The Bertz CT molecular complexity index is 1000. The van der Waals surface area contributed by atoms with Crippen molar-refractivity contribution in [1.82, 2.24) is 15.3 Å². The lowest BCUT2D eigenvalue weighted by molar-refractivity contribution is 0.570. The second kappa shape index (κ2) is 10.3. The molecule has 1 N–H and O–H groups in total. The lowest BCUT2D eigenvalue weighted by Crippen LogP contribution is -2.31. The first-order chi connectivity index (χ1) is 15.9. The largest absolute Gasteiger partial charge is 0.357 e. The Hall–Kier alpha value is -2.66.